The van der Waals surface area contributed by atoms with Gasteiger partial charge in [-0.15, -0.1) is 23.1 Å². The molecule has 1 amide bonds. The number of hydrogen-bond acceptors (Lipinski definition) is 6. The second-order valence-corrected chi connectivity index (χ2v) is 7.84. The van der Waals surface area contributed by atoms with Gasteiger partial charge in [0.2, 0.25) is 5.91 Å². The molecule has 0 aliphatic heterocycles. The molecule has 3 aromatic heterocycles. The second-order valence-electron chi connectivity index (χ2n) is 5.79. The summed E-state index contributed by atoms with van der Waals surface area (Å²) >= 11 is 2.94. The van der Waals surface area contributed by atoms with Gasteiger partial charge in [0.15, 0.2) is 0 Å². The third-order valence-corrected chi connectivity index (χ3v) is 5.72. The monoisotopic (exact) mass is 374 g/mol. The van der Waals surface area contributed by atoms with E-state index in [1.807, 2.05) is 12.1 Å². The number of fused-ring (bicyclic) bond motifs is 1. The number of aromatic nitrogens is 3. The molecule has 0 atom stereocenters. The van der Waals surface area contributed by atoms with Crippen molar-refractivity contribution in [3.63, 3.8) is 0 Å². The maximum absolute atomic E-state index is 12.2. The van der Waals surface area contributed by atoms with E-state index < -0.39 is 0 Å². The molecule has 0 bridgehead atoms. The van der Waals surface area contributed by atoms with Crippen LogP contribution >= 0.6 is 23.1 Å². The van der Waals surface area contributed by atoms with Gasteiger partial charge in [0.25, 0.3) is 5.56 Å². The van der Waals surface area contributed by atoms with E-state index in [0.717, 1.165) is 9.71 Å². The van der Waals surface area contributed by atoms with Gasteiger partial charge in [0, 0.05) is 11.1 Å². The van der Waals surface area contributed by atoms with Crippen molar-refractivity contribution in [3.05, 3.63) is 51.5 Å². The van der Waals surface area contributed by atoms with Gasteiger partial charge in [-0.05, 0) is 24.1 Å². The highest BCUT2D eigenvalue weighted by molar-refractivity contribution is 7.99. The normalized spacial score (nSPS) is 11.2. The number of aromatic amines is 1. The average molecular weight is 374 g/mol. The summed E-state index contributed by atoms with van der Waals surface area (Å²) < 4.78 is 0. The van der Waals surface area contributed by atoms with E-state index in [9.17, 15) is 9.59 Å². The van der Waals surface area contributed by atoms with E-state index in [1.165, 1.54) is 11.8 Å². The van der Waals surface area contributed by atoms with Gasteiger partial charge < -0.3 is 10.3 Å². The lowest BCUT2D eigenvalue weighted by Gasteiger charge is -2.04. The Kier molecular flexibility index (Phi) is 5.50. The molecule has 130 valence electrons. The van der Waals surface area contributed by atoms with E-state index in [-0.39, 0.29) is 17.2 Å². The minimum Gasteiger partial charge on any atom is -0.310 e. The number of hydrogen-bond donors (Lipinski definition) is 2. The number of amides is 1. The highest BCUT2D eigenvalue weighted by Crippen LogP contribution is 2.27. The van der Waals surface area contributed by atoms with Crippen molar-refractivity contribution in [1.29, 1.82) is 0 Å². The Morgan fingerprint density at radius 1 is 1.40 bits per heavy atom. The van der Waals surface area contributed by atoms with Crippen molar-refractivity contribution < 1.29 is 4.79 Å². The second kappa shape index (κ2) is 7.79. The van der Waals surface area contributed by atoms with Gasteiger partial charge in [-0.1, -0.05) is 19.9 Å². The SMILES string of the molecule is CC(C)c1cc2c(=O)[nH]c(CSCC(=O)Nc3ccccn3)nc2s1. The van der Waals surface area contributed by atoms with Crippen LogP contribution in [0.3, 0.4) is 0 Å². The number of H-pyrrole nitrogens is 1. The minimum absolute atomic E-state index is 0.123. The Morgan fingerprint density at radius 2 is 2.24 bits per heavy atom. The molecule has 2 N–H and O–H groups in total. The van der Waals surface area contributed by atoms with Crippen molar-refractivity contribution in [2.45, 2.75) is 25.5 Å². The van der Waals surface area contributed by atoms with Crippen molar-refractivity contribution in [1.82, 2.24) is 15.0 Å². The fraction of sp³-hybridized carbons (Fsp3) is 0.294. The van der Waals surface area contributed by atoms with Gasteiger partial charge in [0.1, 0.15) is 16.5 Å². The highest BCUT2D eigenvalue weighted by atomic mass is 32.2. The molecule has 0 radical (unpaired) electrons. The van der Waals surface area contributed by atoms with Crippen LogP contribution in [0.2, 0.25) is 0 Å². The molecule has 0 saturated carbocycles. The highest BCUT2D eigenvalue weighted by Gasteiger charge is 2.11. The van der Waals surface area contributed by atoms with Gasteiger partial charge in [-0.3, -0.25) is 9.59 Å². The van der Waals surface area contributed by atoms with E-state index in [0.29, 0.717) is 28.7 Å². The molecule has 0 aromatic carbocycles. The van der Waals surface area contributed by atoms with Crippen LogP contribution in [0.1, 0.15) is 30.5 Å². The van der Waals surface area contributed by atoms with Crippen molar-refractivity contribution in [2.75, 3.05) is 11.1 Å². The molecule has 3 rings (SSSR count). The standard InChI is InChI=1S/C17H18N4O2S2/c1-10(2)12-7-11-16(23)20-14(21-17(11)25-12)8-24-9-15(22)19-13-5-3-4-6-18-13/h3-7,10H,8-9H2,1-2H3,(H,18,19,22)(H,20,21,23). The molecular weight excluding hydrogens is 356 g/mol. The lowest BCUT2D eigenvalue weighted by molar-refractivity contribution is -0.113. The fourth-order valence-electron chi connectivity index (χ4n) is 2.20. The first-order valence-electron chi connectivity index (χ1n) is 7.84. The number of thiophene rings is 1. The molecule has 8 heteroatoms. The molecular formula is C17H18N4O2S2. The zero-order chi connectivity index (χ0) is 17.8. The third-order valence-electron chi connectivity index (χ3n) is 3.44. The smallest absolute Gasteiger partial charge is 0.259 e. The van der Waals surface area contributed by atoms with Crippen molar-refractivity contribution in [3.8, 4) is 0 Å². The maximum Gasteiger partial charge on any atom is 0.259 e. The number of thioether (sulfide) groups is 1. The number of pyridine rings is 1. The van der Waals surface area contributed by atoms with Crippen LogP contribution in [0, 0.1) is 0 Å². The molecule has 0 saturated heterocycles. The zero-order valence-corrected chi connectivity index (χ0v) is 15.5. The molecule has 25 heavy (non-hydrogen) atoms. The molecule has 0 spiro atoms. The van der Waals surface area contributed by atoms with Crippen LogP contribution in [0.5, 0.6) is 0 Å². The van der Waals surface area contributed by atoms with Gasteiger partial charge in [-0.2, -0.15) is 0 Å². The number of carbonyl (C=O) groups excluding carboxylic acids is 1. The first-order valence-corrected chi connectivity index (χ1v) is 9.81. The summed E-state index contributed by atoms with van der Waals surface area (Å²) in [4.78, 5) is 37.3. The molecule has 0 fully saturated rings. The molecule has 6 nitrogen and oxygen atoms in total. The van der Waals surface area contributed by atoms with Crippen LogP contribution in [0.4, 0.5) is 5.82 Å². The lowest BCUT2D eigenvalue weighted by atomic mass is 10.2. The Balaban J connectivity index is 1.61. The van der Waals surface area contributed by atoms with E-state index in [1.54, 1.807) is 29.7 Å². The number of nitrogens with one attached hydrogen (secondary N) is 2. The fourth-order valence-corrected chi connectivity index (χ4v) is 3.95. The first kappa shape index (κ1) is 17.6. The molecule has 0 aliphatic rings. The summed E-state index contributed by atoms with van der Waals surface area (Å²) in [6.45, 7) is 4.19. The zero-order valence-electron chi connectivity index (χ0n) is 13.9. The maximum atomic E-state index is 12.2. The number of carbonyl (C=O) groups is 1. The topological polar surface area (TPSA) is 87.7 Å². The largest absolute Gasteiger partial charge is 0.310 e. The average Bonchev–Trinajstić information content (AvgIpc) is 3.01. The van der Waals surface area contributed by atoms with Gasteiger partial charge >= 0.3 is 0 Å². The van der Waals surface area contributed by atoms with Crippen LogP contribution < -0.4 is 10.9 Å². The Morgan fingerprint density at radius 3 is 2.96 bits per heavy atom. The summed E-state index contributed by atoms with van der Waals surface area (Å²) in [6, 6.07) is 7.25. The summed E-state index contributed by atoms with van der Waals surface area (Å²) in [5.74, 6) is 2.08. The Labute approximate surface area is 153 Å². The van der Waals surface area contributed by atoms with Crippen molar-refractivity contribution in [2.24, 2.45) is 0 Å². The molecule has 3 heterocycles. The van der Waals surface area contributed by atoms with E-state index in [4.69, 9.17) is 0 Å². The molecule has 3 aromatic rings. The van der Waals surface area contributed by atoms with Crippen LogP contribution in [0.15, 0.2) is 35.3 Å². The first-order chi connectivity index (χ1) is 12.0. The minimum atomic E-state index is -0.134. The predicted molar refractivity (Wildman–Crippen MR) is 103 cm³/mol. The van der Waals surface area contributed by atoms with Crippen LogP contribution in [0.25, 0.3) is 10.2 Å². The third kappa shape index (κ3) is 4.46. The predicted octanol–water partition coefficient (Wildman–Crippen LogP) is 3.37. The summed E-state index contributed by atoms with van der Waals surface area (Å²) in [5, 5.41) is 3.36. The summed E-state index contributed by atoms with van der Waals surface area (Å²) in [6.07, 6.45) is 1.62. The Bertz CT molecular complexity index is 935. The van der Waals surface area contributed by atoms with E-state index >= 15 is 0 Å². The summed E-state index contributed by atoms with van der Waals surface area (Å²) in [5.41, 5.74) is -0.123. The van der Waals surface area contributed by atoms with E-state index in [2.05, 4.69) is 34.1 Å². The molecule has 0 aliphatic carbocycles. The van der Waals surface area contributed by atoms with Crippen molar-refractivity contribution >= 4 is 45.0 Å². The van der Waals surface area contributed by atoms with Gasteiger partial charge in [-0.25, -0.2) is 9.97 Å². The quantitative estimate of drug-likeness (QED) is 0.691. The Hall–Kier alpha value is -2.19. The van der Waals surface area contributed by atoms with Gasteiger partial charge in [0.05, 0.1) is 16.9 Å². The van der Waals surface area contributed by atoms with Crippen LogP contribution in [-0.2, 0) is 10.5 Å². The van der Waals surface area contributed by atoms with Crippen LogP contribution in [-0.4, -0.2) is 26.6 Å². The molecule has 0 unspecified atom stereocenters. The summed E-state index contributed by atoms with van der Waals surface area (Å²) in [7, 11) is 0. The number of rotatable bonds is 6. The number of nitrogens with zero attached hydrogens (tertiary/aromatic N) is 2. The number of anilines is 1. The lowest BCUT2D eigenvalue weighted by Crippen LogP contribution is -2.15.